The molecular formula is C24H22FN5O2S. The van der Waals surface area contributed by atoms with Crippen LogP contribution in [0.1, 0.15) is 30.6 Å². The molecule has 0 aliphatic heterocycles. The summed E-state index contributed by atoms with van der Waals surface area (Å²) in [4.78, 5) is 13.9. The minimum absolute atomic E-state index is 0.107. The highest BCUT2D eigenvalue weighted by Gasteiger charge is 2.11. The number of thiocarbonyl (C=S) groups is 1. The number of halogens is 1. The number of nitrogens with one attached hydrogen (secondary N) is 2. The standard InChI is InChI=1S/C24H22FN5O2S/c1-3-15(2)32-20-11-4-16(5-12-20)23(31)27-24(33)26-18-8-13-21-22(14-18)29-30(28-21)19-9-6-17(25)7-10-19/h4-15H,3H2,1-2H3,(H2,26,27,31,33)/t15-/m0/s1. The predicted molar refractivity (Wildman–Crippen MR) is 129 cm³/mol. The molecule has 0 fully saturated rings. The van der Waals surface area contributed by atoms with Gasteiger partial charge in [-0.2, -0.15) is 4.80 Å². The highest BCUT2D eigenvalue weighted by Crippen LogP contribution is 2.18. The first kappa shape index (κ1) is 22.3. The Labute approximate surface area is 195 Å². The lowest BCUT2D eigenvalue weighted by Gasteiger charge is -2.13. The van der Waals surface area contributed by atoms with Crippen molar-refractivity contribution in [3.63, 3.8) is 0 Å². The molecule has 0 spiro atoms. The second-order valence-electron chi connectivity index (χ2n) is 7.44. The van der Waals surface area contributed by atoms with Crippen LogP contribution in [0.2, 0.25) is 0 Å². The van der Waals surface area contributed by atoms with Crippen LogP contribution >= 0.6 is 12.2 Å². The lowest BCUT2D eigenvalue weighted by atomic mass is 10.2. The lowest BCUT2D eigenvalue weighted by Crippen LogP contribution is -2.34. The molecule has 2 N–H and O–H groups in total. The van der Waals surface area contributed by atoms with Gasteiger partial charge in [-0.3, -0.25) is 10.1 Å². The molecule has 33 heavy (non-hydrogen) atoms. The maximum absolute atomic E-state index is 13.2. The van der Waals surface area contributed by atoms with Crippen LogP contribution in [0.4, 0.5) is 10.1 Å². The molecule has 0 unspecified atom stereocenters. The third-order valence-electron chi connectivity index (χ3n) is 4.95. The molecule has 168 valence electrons. The van der Waals surface area contributed by atoms with Gasteiger partial charge in [0.05, 0.1) is 11.8 Å². The normalized spacial score (nSPS) is 11.7. The minimum Gasteiger partial charge on any atom is -0.491 e. The third-order valence-corrected chi connectivity index (χ3v) is 5.16. The number of amides is 1. The maximum atomic E-state index is 13.2. The zero-order chi connectivity index (χ0) is 23.4. The number of hydrogen-bond acceptors (Lipinski definition) is 5. The highest BCUT2D eigenvalue weighted by atomic mass is 32.1. The van der Waals surface area contributed by atoms with Crippen LogP contribution in [0.3, 0.4) is 0 Å². The van der Waals surface area contributed by atoms with E-state index in [1.807, 2.05) is 13.8 Å². The van der Waals surface area contributed by atoms with Gasteiger partial charge in [0.15, 0.2) is 5.11 Å². The summed E-state index contributed by atoms with van der Waals surface area (Å²) in [6.45, 7) is 4.04. The van der Waals surface area contributed by atoms with Crippen LogP contribution in [-0.4, -0.2) is 32.1 Å². The fourth-order valence-corrected chi connectivity index (χ4v) is 3.23. The zero-order valence-corrected chi connectivity index (χ0v) is 18.9. The van der Waals surface area contributed by atoms with E-state index in [4.69, 9.17) is 17.0 Å². The molecule has 0 radical (unpaired) electrons. The number of anilines is 1. The summed E-state index contributed by atoms with van der Waals surface area (Å²) in [6, 6.07) is 18.1. The highest BCUT2D eigenvalue weighted by molar-refractivity contribution is 7.80. The van der Waals surface area contributed by atoms with Crippen LogP contribution in [0.5, 0.6) is 5.75 Å². The molecule has 1 heterocycles. The molecule has 0 aliphatic rings. The minimum atomic E-state index is -0.328. The molecule has 9 heteroatoms. The van der Waals surface area contributed by atoms with E-state index < -0.39 is 0 Å². The molecule has 0 bridgehead atoms. The average Bonchev–Trinajstić information content (AvgIpc) is 3.23. The summed E-state index contributed by atoms with van der Waals surface area (Å²) in [6.07, 6.45) is 1.01. The first-order valence-corrected chi connectivity index (χ1v) is 10.8. The summed E-state index contributed by atoms with van der Waals surface area (Å²) in [5.41, 5.74) is 3.05. The molecule has 0 aliphatic carbocycles. The number of ether oxygens (including phenoxy) is 1. The summed E-state index contributed by atoms with van der Waals surface area (Å²) < 4.78 is 18.9. The Morgan fingerprint density at radius 3 is 2.45 bits per heavy atom. The van der Waals surface area contributed by atoms with E-state index >= 15 is 0 Å². The number of nitrogens with zero attached hydrogens (tertiary/aromatic N) is 3. The molecule has 4 rings (SSSR count). The van der Waals surface area contributed by atoms with Gasteiger partial charge in [0.1, 0.15) is 22.6 Å². The SMILES string of the molecule is CC[C@H](C)Oc1ccc(C(=O)NC(=S)Nc2ccc3nn(-c4ccc(F)cc4)nc3c2)cc1. The van der Waals surface area contributed by atoms with Crippen molar-refractivity contribution < 1.29 is 13.9 Å². The molecule has 0 saturated carbocycles. The second-order valence-corrected chi connectivity index (χ2v) is 7.85. The smallest absolute Gasteiger partial charge is 0.257 e. The van der Waals surface area contributed by atoms with E-state index in [1.54, 1.807) is 54.6 Å². The van der Waals surface area contributed by atoms with Crippen molar-refractivity contribution >= 4 is 40.0 Å². The van der Waals surface area contributed by atoms with Crippen LogP contribution in [0, 0.1) is 5.82 Å². The van der Waals surface area contributed by atoms with E-state index in [9.17, 15) is 9.18 Å². The Morgan fingerprint density at radius 2 is 1.76 bits per heavy atom. The Hall–Kier alpha value is -3.85. The van der Waals surface area contributed by atoms with Gasteiger partial charge in [-0.25, -0.2) is 4.39 Å². The first-order valence-electron chi connectivity index (χ1n) is 10.4. The summed E-state index contributed by atoms with van der Waals surface area (Å²) in [5, 5.41) is 14.6. The van der Waals surface area contributed by atoms with Crippen molar-refractivity contribution in [2.24, 2.45) is 0 Å². The number of benzene rings is 3. The molecular weight excluding hydrogens is 441 g/mol. The van der Waals surface area contributed by atoms with E-state index in [0.29, 0.717) is 33.7 Å². The van der Waals surface area contributed by atoms with Crippen LogP contribution < -0.4 is 15.4 Å². The maximum Gasteiger partial charge on any atom is 0.257 e. The largest absolute Gasteiger partial charge is 0.491 e. The molecule has 4 aromatic rings. The van der Waals surface area contributed by atoms with E-state index in [1.165, 1.54) is 16.9 Å². The molecule has 1 aromatic heterocycles. The van der Waals surface area contributed by atoms with E-state index in [0.717, 1.165) is 6.42 Å². The summed E-state index contributed by atoms with van der Waals surface area (Å²) in [7, 11) is 0. The summed E-state index contributed by atoms with van der Waals surface area (Å²) >= 11 is 5.28. The molecule has 1 atom stereocenters. The van der Waals surface area contributed by atoms with Gasteiger partial charge < -0.3 is 10.1 Å². The number of rotatable bonds is 6. The molecule has 7 nitrogen and oxygen atoms in total. The van der Waals surface area contributed by atoms with Crippen molar-refractivity contribution in [3.8, 4) is 11.4 Å². The Bertz CT molecular complexity index is 1290. The van der Waals surface area contributed by atoms with Gasteiger partial charge in [0.25, 0.3) is 5.91 Å². The molecule has 1 amide bonds. The Kier molecular flexibility index (Phi) is 6.60. The van der Waals surface area contributed by atoms with Crippen LogP contribution in [0.25, 0.3) is 16.7 Å². The van der Waals surface area contributed by atoms with Crippen molar-refractivity contribution in [1.82, 2.24) is 20.3 Å². The molecule has 0 saturated heterocycles. The number of carbonyl (C=O) groups excluding carboxylic acids is 1. The quantitative estimate of drug-likeness (QED) is 0.398. The zero-order valence-electron chi connectivity index (χ0n) is 18.1. The van der Waals surface area contributed by atoms with Gasteiger partial charge in [0, 0.05) is 11.3 Å². The van der Waals surface area contributed by atoms with E-state index in [2.05, 4.69) is 20.8 Å². The number of fused-ring (bicyclic) bond motifs is 1. The lowest BCUT2D eigenvalue weighted by molar-refractivity contribution is 0.0977. The topological polar surface area (TPSA) is 81.1 Å². The second kappa shape index (κ2) is 9.74. The average molecular weight is 464 g/mol. The summed E-state index contributed by atoms with van der Waals surface area (Å²) in [5.74, 6) is 0.0578. The van der Waals surface area contributed by atoms with Gasteiger partial charge >= 0.3 is 0 Å². The number of aromatic nitrogens is 3. The van der Waals surface area contributed by atoms with Crippen LogP contribution in [-0.2, 0) is 0 Å². The van der Waals surface area contributed by atoms with Crippen molar-refractivity contribution in [3.05, 3.63) is 78.1 Å². The van der Waals surface area contributed by atoms with Gasteiger partial charge in [0.2, 0.25) is 0 Å². The van der Waals surface area contributed by atoms with Gasteiger partial charge in [-0.15, -0.1) is 10.2 Å². The fourth-order valence-electron chi connectivity index (χ4n) is 3.02. The monoisotopic (exact) mass is 463 g/mol. The third kappa shape index (κ3) is 5.50. The predicted octanol–water partition coefficient (Wildman–Crippen LogP) is 4.86. The van der Waals surface area contributed by atoms with Crippen molar-refractivity contribution in [1.29, 1.82) is 0 Å². The van der Waals surface area contributed by atoms with E-state index in [-0.39, 0.29) is 22.9 Å². The molecule has 3 aromatic carbocycles. The Morgan fingerprint density at radius 1 is 1.06 bits per heavy atom. The van der Waals surface area contributed by atoms with Crippen molar-refractivity contribution in [2.75, 3.05) is 5.32 Å². The first-order chi connectivity index (χ1) is 15.9. The Balaban J connectivity index is 1.40. The van der Waals surface area contributed by atoms with Crippen LogP contribution in [0.15, 0.2) is 66.7 Å². The fraction of sp³-hybridized carbons (Fsp3) is 0.167. The number of hydrogen-bond donors (Lipinski definition) is 2. The van der Waals surface area contributed by atoms with Gasteiger partial charge in [-0.05, 0) is 92.3 Å². The van der Waals surface area contributed by atoms with Gasteiger partial charge in [-0.1, -0.05) is 6.92 Å². The van der Waals surface area contributed by atoms with Crippen molar-refractivity contribution in [2.45, 2.75) is 26.4 Å². The number of carbonyl (C=O) groups is 1.